The number of nitrogens with zero attached hydrogens (tertiary/aromatic N) is 3. The van der Waals surface area contributed by atoms with Crippen LogP contribution in [0.5, 0.6) is 0 Å². The molecule has 126 valence electrons. The Morgan fingerprint density at radius 2 is 2.04 bits per heavy atom. The van der Waals surface area contributed by atoms with Gasteiger partial charge >= 0.3 is 6.18 Å². The number of hydrogen-bond acceptors (Lipinski definition) is 5. The third-order valence-corrected chi connectivity index (χ3v) is 4.01. The van der Waals surface area contributed by atoms with E-state index in [-0.39, 0.29) is 12.2 Å². The Morgan fingerprint density at radius 1 is 1.35 bits per heavy atom. The van der Waals surface area contributed by atoms with Crippen molar-refractivity contribution >= 4 is 15.7 Å². The highest BCUT2D eigenvalue weighted by molar-refractivity contribution is 7.89. The van der Waals surface area contributed by atoms with E-state index in [0.29, 0.717) is 18.4 Å². The summed E-state index contributed by atoms with van der Waals surface area (Å²) >= 11 is 0. The van der Waals surface area contributed by atoms with Crippen molar-refractivity contribution < 1.29 is 21.6 Å². The molecule has 1 heterocycles. The molecule has 0 spiro atoms. The van der Waals surface area contributed by atoms with Crippen molar-refractivity contribution in [1.29, 1.82) is 0 Å². The summed E-state index contributed by atoms with van der Waals surface area (Å²) in [6.45, 7) is 2.55. The summed E-state index contributed by atoms with van der Waals surface area (Å²) in [6, 6.07) is 2.74. The first kappa shape index (κ1) is 17.2. The Hall–Kier alpha value is -2.14. The number of nitrogens with two attached hydrogens (primary N) is 1. The van der Waals surface area contributed by atoms with Gasteiger partial charge in [0.2, 0.25) is 10.0 Å². The summed E-state index contributed by atoms with van der Waals surface area (Å²) in [5, 5.41) is 11.5. The lowest BCUT2D eigenvalue weighted by atomic mass is 10.2. The zero-order chi connectivity index (χ0) is 17.3. The van der Waals surface area contributed by atoms with E-state index in [2.05, 4.69) is 15.4 Å². The standard InChI is InChI=1S/C12H14F3N5O2S/c1-2-20-11(18-7-19-20)6-17-8-3-4-10(23(16,21)22)9(5-8)12(13,14)15/h3-5,7,17H,2,6H2,1H3,(H2,16,21,22). The van der Waals surface area contributed by atoms with E-state index >= 15 is 0 Å². The average molecular weight is 349 g/mol. The van der Waals surface area contributed by atoms with Crippen molar-refractivity contribution in [2.45, 2.75) is 31.1 Å². The smallest absolute Gasteiger partial charge is 0.378 e. The quantitative estimate of drug-likeness (QED) is 0.853. The molecule has 0 radical (unpaired) electrons. The van der Waals surface area contributed by atoms with E-state index in [0.717, 1.165) is 6.07 Å². The summed E-state index contributed by atoms with van der Waals surface area (Å²) in [6.07, 6.45) is -3.51. The number of nitrogens with one attached hydrogen (secondary N) is 1. The van der Waals surface area contributed by atoms with Gasteiger partial charge in [-0.05, 0) is 25.1 Å². The molecule has 2 rings (SSSR count). The summed E-state index contributed by atoms with van der Waals surface area (Å²) in [5.41, 5.74) is -1.22. The van der Waals surface area contributed by atoms with Crippen LogP contribution in [0.25, 0.3) is 0 Å². The number of sulfonamides is 1. The maximum atomic E-state index is 13.0. The molecule has 3 N–H and O–H groups in total. The molecule has 7 nitrogen and oxygen atoms in total. The van der Waals surface area contributed by atoms with E-state index in [1.54, 1.807) is 4.68 Å². The summed E-state index contributed by atoms with van der Waals surface area (Å²) < 4.78 is 63.2. The van der Waals surface area contributed by atoms with Crippen LogP contribution in [0.2, 0.25) is 0 Å². The Labute approximate surface area is 130 Å². The minimum absolute atomic E-state index is 0.0929. The van der Waals surface area contributed by atoms with Gasteiger partial charge in [-0.25, -0.2) is 23.2 Å². The van der Waals surface area contributed by atoms with Gasteiger partial charge in [-0.15, -0.1) is 0 Å². The van der Waals surface area contributed by atoms with Crippen LogP contribution in [0.15, 0.2) is 29.4 Å². The molecule has 0 unspecified atom stereocenters. The fourth-order valence-corrected chi connectivity index (χ4v) is 2.72. The number of rotatable bonds is 5. The predicted octanol–water partition coefficient (Wildman–Crippen LogP) is 1.58. The predicted molar refractivity (Wildman–Crippen MR) is 75.8 cm³/mol. The van der Waals surface area contributed by atoms with Crippen molar-refractivity contribution in [3.8, 4) is 0 Å². The minimum Gasteiger partial charge on any atom is -0.378 e. The molecule has 0 fully saturated rings. The Kier molecular flexibility index (Phi) is 4.61. The molecule has 0 saturated heterocycles. The Morgan fingerprint density at radius 3 is 2.61 bits per heavy atom. The van der Waals surface area contributed by atoms with Crippen molar-refractivity contribution in [3.05, 3.63) is 35.9 Å². The van der Waals surface area contributed by atoms with Crippen LogP contribution >= 0.6 is 0 Å². The van der Waals surface area contributed by atoms with Crippen molar-refractivity contribution in [2.24, 2.45) is 5.14 Å². The third kappa shape index (κ3) is 3.99. The molecule has 0 aliphatic heterocycles. The molecule has 0 bridgehead atoms. The number of anilines is 1. The molecular weight excluding hydrogens is 335 g/mol. The third-order valence-electron chi connectivity index (χ3n) is 3.04. The maximum absolute atomic E-state index is 13.0. The van der Waals surface area contributed by atoms with Gasteiger partial charge in [0.25, 0.3) is 0 Å². The van der Waals surface area contributed by atoms with E-state index in [9.17, 15) is 21.6 Å². The van der Waals surface area contributed by atoms with Gasteiger partial charge in [-0.3, -0.25) is 0 Å². The van der Waals surface area contributed by atoms with Crippen LogP contribution in [-0.2, 0) is 29.3 Å². The fourth-order valence-electron chi connectivity index (χ4n) is 1.98. The lowest BCUT2D eigenvalue weighted by molar-refractivity contribution is -0.139. The highest BCUT2D eigenvalue weighted by atomic mass is 32.2. The Balaban J connectivity index is 2.31. The molecule has 2 aromatic rings. The van der Waals surface area contributed by atoms with Crippen LogP contribution in [0.4, 0.5) is 18.9 Å². The van der Waals surface area contributed by atoms with Gasteiger partial charge in [-0.2, -0.15) is 18.3 Å². The van der Waals surface area contributed by atoms with Crippen LogP contribution in [0.3, 0.4) is 0 Å². The second kappa shape index (κ2) is 6.16. The topological polar surface area (TPSA) is 103 Å². The number of primary sulfonamides is 1. The van der Waals surface area contributed by atoms with E-state index in [1.165, 1.54) is 12.4 Å². The van der Waals surface area contributed by atoms with E-state index in [1.807, 2.05) is 6.92 Å². The normalized spacial score (nSPS) is 12.4. The molecule has 0 amide bonds. The van der Waals surface area contributed by atoms with E-state index < -0.39 is 26.7 Å². The van der Waals surface area contributed by atoms with Gasteiger partial charge < -0.3 is 5.32 Å². The molecule has 23 heavy (non-hydrogen) atoms. The van der Waals surface area contributed by atoms with Gasteiger partial charge in [0.05, 0.1) is 17.0 Å². The summed E-state index contributed by atoms with van der Waals surface area (Å²) in [5.74, 6) is 0.539. The number of aromatic nitrogens is 3. The van der Waals surface area contributed by atoms with Crippen LogP contribution < -0.4 is 10.5 Å². The molecule has 0 aliphatic rings. The summed E-state index contributed by atoms with van der Waals surface area (Å²) in [4.78, 5) is 3.02. The monoisotopic (exact) mass is 349 g/mol. The van der Waals surface area contributed by atoms with Crippen molar-refractivity contribution in [1.82, 2.24) is 14.8 Å². The lowest BCUT2D eigenvalue weighted by Gasteiger charge is -2.14. The zero-order valence-corrected chi connectivity index (χ0v) is 12.8. The fraction of sp³-hybridized carbons (Fsp3) is 0.333. The largest absolute Gasteiger partial charge is 0.417 e. The molecule has 0 atom stereocenters. The van der Waals surface area contributed by atoms with Crippen molar-refractivity contribution in [2.75, 3.05) is 5.32 Å². The second-order valence-corrected chi connectivity index (χ2v) is 6.13. The molecule has 1 aromatic heterocycles. The first-order chi connectivity index (χ1) is 10.6. The Bertz CT molecular complexity index is 801. The van der Waals surface area contributed by atoms with Gasteiger partial charge in [-0.1, -0.05) is 0 Å². The highest BCUT2D eigenvalue weighted by Crippen LogP contribution is 2.35. The number of aryl methyl sites for hydroxylation is 1. The second-order valence-electron chi connectivity index (χ2n) is 4.60. The molecule has 0 saturated carbocycles. The van der Waals surface area contributed by atoms with Crippen LogP contribution in [-0.4, -0.2) is 23.2 Å². The van der Waals surface area contributed by atoms with Gasteiger partial charge in [0.15, 0.2) is 0 Å². The SMILES string of the molecule is CCn1ncnc1CNc1ccc(S(N)(=O)=O)c(C(F)(F)F)c1. The van der Waals surface area contributed by atoms with Gasteiger partial charge in [0.1, 0.15) is 12.2 Å². The average Bonchev–Trinajstić information content (AvgIpc) is 2.90. The lowest BCUT2D eigenvalue weighted by Crippen LogP contribution is -2.19. The zero-order valence-electron chi connectivity index (χ0n) is 12.0. The number of halogens is 3. The first-order valence-electron chi connectivity index (χ1n) is 6.47. The maximum Gasteiger partial charge on any atom is 0.417 e. The molecule has 1 aromatic carbocycles. The molecule has 11 heteroatoms. The number of benzene rings is 1. The highest BCUT2D eigenvalue weighted by Gasteiger charge is 2.36. The number of alkyl halides is 3. The van der Waals surface area contributed by atoms with Crippen molar-refractivity contribution in [3.63, 3.8) is 0 Å². The van der Waals surface area contributed by atoms with E-state index in [4.69, 9.17) is 5.14 Å². The van der Waals surface area contributed by atoms with Crippen LogP contribution in [0, 0.1) is 0 Å². The first-order valence-corrected chi connectivity index (χ1v) is 8.02. The molecular formula is C12H14F3N5O2S. The van der Waals surface area contributed by atoms with Gasteiger partial charge in [0, 0.05) is 12.2 Å². The molecule has 0 aliphatic carbocycles. The summed E-state index contributed by atoms with van der Waals surface area (Å²) in [7, 11) is -4.48. The van der Waals surface area contributed by atoms with Crippen LogP contribution in [0.1, 0.15) is 18.3 Å². The number of hydrogen-bond donors (Lipinski definition) is 2. The minimum atomic E-state index is -4.84.